The van der Waals surface area contributed by atoms with Crippen molar-refractivity contribution in [1.29, 1.82) is 0 Å². The monoisotopic (exact) mass is 777 g/mol. The Kier molecular flexibility index (Phi) is 7.24. The topological polar surface area (TPSA) is 40.6 Å². The number of aromatic nitrogens is 5. The van der Waals surface area contributed by atoms with E-state index in [9.17, 15) is 0 Å². The fraction of sp³-hybridized carbons (Fsp3) is 0. The van der Waals surface area contributed by atoms with Crippen molar-refractivity contribution >= 4 is 76.3 Å². The molecule has 61 heavy (non-hydrogen) atoms. The van der Waals surface area contributed by atoms with Crippen molar-refractivity contribution < 1.29 is 0 Å². The summed E-state index contributed by atoms with van der Waals surface area (Å²) in [6.07, 6.45) is 0. The molecule has 0 unspecified atom stereocenters. The first-order chi connectivity index (χ1) is 30.3. The van der Waals surface area contributed by atoms with E-state index in [1.165, 1.54) is 43.4 Å². The van der Waals surface area contributed by atoms with Crippen molar-refractivity contribution in [3.63, 3.8) is 0 Å². The molecular weight excluding hydrogens is 743 g/mol. The van der Waals surface area contributed by atoms with Crippen molar-refractivity contribution in [2.45, 2.75) is 0 Å². The van der Waals surface area contributed by atoms with Crippen LogP contribution in [0.1, 0.15) is 0 Å². The Morgan fingerprint density at radius 2 is 0.705 bits per heavy atom. The fourth-order valence-electron chi connectivity index (χ4n) is 9.78. The molecule has 0 saturated carbocycles. The van der Waals surface area contributed by atoms with Gasteiger partial charge in [0.25, 0.3) is 0 Å². The number of para-hydroxylation sites is 5. The van der Waals surface area contributed by atoms with E-state index in [-0.39, 0.29) is 0 Å². The van der Waals surface area contributed by atoms with E-state index < -0.39 is 0 Å². The molecule has 0 atom stereocenters. The maximum atomic E-state index is 5.26. The molecule has 0 aliphatic rings. The molecule has 0 saturated heterocycles. The first-order valence-corrected chi connectivity index (χ1v) is 20.8. The van der Waals surface area contributed by atoms with Gasteiger partial charge in [-0.15, -0.1) is 0 Å². The number of benzene rings is 9. The number of fused-ring (bicyclic) bond motifs is 10. The Morgan fingerprint density at radius 1 is 0.279 bits per heavy atom. The van der Waals surface area contributed by atoms with Gasteiger partial charge in [-0.25, -0.2) is 9.97 Å². The van der Waals surface area contributed by atoms with Gasteiger partial charge in [0.2, 0.25) is 0 Å². The predicted octanol–water partition coefficient (Wildman–Crippen LogP) is 14.3. The molecule has 5 nitrogen and oxygen atoms in total. The summed E-state index contributed by atoms with van der Waals surface area (Å²) in [5, 5.41) is 8.28. The van der Waals surface area contributed by atoms with E-state index in [1.807, 2.05) is 18.2 Å². The Labute approximate surface area is 350 Å². The Hall–Kier alpha value is -8.28. The third kappa shape index (κ3) is 5.01. The molecule has 5 heteroatoms. The van der Waals surface area contributed by atoms with Gasteiger partial charge in [-0.05, 0) is 60.7 Å². The Bertz CT molecular complexity index is 3770. The van der Waals surface area contributed by atoms with Crippen LogP contribution in [0, 0.1) is 0 Å². The summed E-state index contributed by atoms with van der Waals surface area (Å²) >= 11 is 0. The van der Waals surface area contributed by atoms with Gasteiger partial charge >= 0.3 is 0 Å². The van der Waals surface area contributed by atoms with E-state index in [1.54, 1.807) is 0 Å². The maximum absolute atomic E-state index is 5.26. The summed E-state index contributed by atoms with van der Waals surface area (Å²) in [6, 6.07) is 76.2. The molecule has 0 aliphatic carbocycles. The zero-order valence-electron chi connectivity index (χ0n) is 32.9. The minimum Gasteiger partial charge on any atom is -0.309 e. The molecule has 4 heterocycles. The first kappa shape index (κ1) is 33.7. The van der Waals surface area contributed by atoms with Crippen LogP contribution in [0.25, 0.3) is 116 Å². The van der Waals surface area contributed by atoms with Crippen LogP contribution in [0.4, 0.5) is 0 Å². The lowest BCUT2D eigenvalue weighted by Gasteiger charge is -2.18. The number of hydrogen-bond acceptors (Lipinski definition) is 2. The van der Waals surface area contributed by atoms with Crippen LogP contribution in [0.3, 0.4) is 0 Å². The lowest BCUT2D eigenvalue weighted by atomic mass is 10.0. The second kappa shape index (κ2) is 13.1. The largest absolute Gasteiger partial charge is 0.309 e. The quantitative estimate of drug-likeness (QED) is 0.175. The molecule has 9 aromatic carbocycles. The molecule has 0 spiro atoms. The van der Waals surface area contributed by atoms with E-state index in [4.69, 9.17) is 9.97 Å². The molecule has 0 amide bonds. The van der Waals surface area contributed by atoms with Gasteiger partial charge in [0.05, 0.1) is 55.7 Å². The summed E-state index contributed by atoms with van der Waals surface area (Å²) in [7, 11) is 0. The molecule has 4 aromatic heterocycles. The lowest BCUT2D eigenvalue weighted by molar-refractivity contribution is 1.09. The van der Waals surface area contributed by atoms with Crippen molar-refractivity contribution in [1.82, 2.24) is 23.7 Å². The van der Waals surface area contributed by atoms with Crippen LogP contribution >= 0.6 is 0 Å². The standard InChI is InChI=1S/C56H35N5/c1-3-17-36(18-4-1)55-45-33-38(31-32-46(45)57-56(58-55)37-19-5-2-6-20-37)59-47-26-12-11-25-43(47)44-34-53(60-48-27-13-7-21-39(48)40-22-8-14-28-49(40)60)54(35-52(44)59)61-50-29-15-9-23-41(50)42-24-10-16-30-51(42)61/h1-35H. The Balaban J connectivity index is 1.16. The third-order valence-corrected chi connectivity index (χ3v) is 12.4. The summed E-state index contributed by atoms with van der Waals surface area (Å²) in [4.78, 5) is 10.4. The van der Waals surface area contributed by atoms with Gasteiger partial charge in [-0.1, -0.05) is 152 Å². The first-order valence-electron chi connectivity index (χ1n) is 20.8. The van der Waals surface area contributed by atoms with Gasteiger partial charge in [0.1, 0.15) is 0 Å². The van der Waals surface area contributed by atoms with Gasteiger partial charge in [-0.2, -0.15) is 0 Å². The number of hydrogen-bond donors (Lipinski definition) is 0. The predicted molar refractivity (Wildman–Crippen MR) is 253 cm³/mol. The second-order valence-corrected chi connectivity index (χ2v) is 15.8. The molecule has 284 valence electrons. The van der Waals surface area contributed by atoms with E-state index in [0.29, 0.717) is 5.82 Å². The van der Waals surface area contributed by atoms with Crippen molar-refractivity contribution in [2.75, 3.05) is 0 Å². The highest BCUT2D eigenvalue weighted by atomic mass is 15.1. The smallest absolute Gasteiger partial charge is 0.160 e. The fourth-order valence-corrected chi connectivity index (χ4v) is 9.78. The van der Waals surface area contributed by atoms with Gasteiger partial charge in [0.15, 0.2) is 5.82 Å². The van der Waals surface area contributed by atoms with Crippen LogP contribution in [0.2, 0.25) is 0 Å². The summed E-state index contributed by atoms with van der Waals surface area (Å²) in [5.74, 6) is 0.713. The minimum atomic E-state index is 0.713. The van der Waals surface area contributed by atoms with Crippen LogP contribution in [0.15, 0.2) is 212 Å². The molecular formula is C56H35N5. The van der Waals surface area contributed by atoms with E-state index in [2.05, 4.69) is 208 Å². The average molecular weight is 778 g/mol. The lowest BCUT2D eigenvalue weighted by Crippen LogP contribution is -2.04. The van der Waals surface area contributed by atoms with Crippen LogP contribution < -0.4 is 0 Å². The highest BCUT2D eigenvalue weighted by molar-refractivity contribution is 6.15. The number of rotatable bonds is 5. The normalized spacial score (nSPS) is 11.9. The van der Waals surface area contributed by atoms with Gasteiger partial charge in [0, 0.05) is 54.5 Å². The average Bonchev–Trinajstić information content (AvgIpc) is 3.96. The zero-order valence-corrected chi connectivity index (χ0v) is 32.9. The molecule has 0 radical (unpaired) electrons. The number of nitrogens with zero attached hydrogens (tertiary/aromatic N) is 5. The van der Waals surface area contributed by atoms with Crippen molar-refractivity contribution in [3.05, 3.63) is 212 Å². The van der Waals surface area contributed by atoms with E-state index in [0.717, 1.165) is 66.9 Å². The maximum Gasteiger partial charge on any atom is 0.160 e. The molecule has 0 bridgehead atoms. The van der Waals surface area contributed by atoms with Crippen LogP contribution in [0.5, 0.6) is 0 Å². The van der Waals surface area contributed by atoms with Crippen molar-refractivity contribution in [3.8, 4) is 39.7 Å². The molecule has 13 aromatic rings. The van der Waals surface area contributed by atoms with Crippen LogP contribution in [-0.4, -0.2) is 23.7 Å². The highest BCUT2D eigenvalue weighted by Crippen LogP contribution is 2.43. The SMILES string of the molecule is c1ccc(-c2nc(-c3ccccc3)c3cc(-n4c5ccccc5c5cc(-n6c7ccccc7c7ccccc76)c(-n6c7ccccc7c7ccccc76)cc54)ccc3n2)cc1. The highest BCUT2D eigenvalue weighted by Gasteiger charge is 2.23. The molecule has 0 aliphatic heterocycles. The third-order valence-electron chi connectivity index (χ3n) is 12.4. The molecule has 0 N–H and O–H groups in total. The van der Waals surface area contributed by atoms with E-state index >= 15 is 0 Å². The summed E-state index contributed by atoms with van der Waals surface area (Å²) in [5.41, 5.74) is 14.0. The van der Waals surface area contributed by atoms with Gasteiger partial charge < -0.3 is 13.7 Å². The molecule has 13 rings (SSSR count). The van der Waals surface area contributed by atoms with Gasteiger partial charge in [-0.3, -0.25) is 0 Å². The summed E-state index contributed by atoms with van der Waals surface area (Å²) in [6.45, 7) is 0. The zero-order chi connectivity index (χ0) is 40.0. The Morgan fingerprint density at radius 3 is 1.23 bits per heavy atom. The van der Waals surface area contributed by atoms with Crippen molar-refractivity contribution in [2.24, 2.45) is 0 Å². The minimum absolute atomic E-state index is 0.713. The van der Waals surface area contributed by atoms with Crippen LogP contribution in [-0.2, 0) is 0 Å². The second-order valence-electron chi connectivity index (χ2n) is 15.8. The summed E-state index contributed by atoms with van der Waals surface area (Å²) < 4.78 is 7.37. The molecule has 0 fully saturated rings.